The fraction of sp³-hybridized carbons (Fsp3) is 0.167. The highest BCUT2D eigenvalue weighted by atomic mass is 35.5. The van der Waals surface area contributed by atoms with Gasteiger partial charge in [0.25, 0.3) is 0 Å². The highest BCUT2D eigenvalue weighted by molar-refractivity contribution is 7.01. The maximum atomic E-state index is 2.21. The van der Waals surface area contributed by atoms with E-state index in [0.29, 0.717) is 0 Å². The summed E-state index contributed by atoms with van der Waals surface area (Å²) in [5, 5.41) is 2.62. The van der Waals surface area contributed by atoms with Gasteiger partial charge in [0.15, 0.2) is 0 Å². The Morgan fingerprint density at radius 1 is 0.882 bits per heavy atom. The third-order valence-electron chi connectivity index (χ3n) is 2.37. The number of rotatable bonds is 2. The smallest absolute Gasteiger partial charge is 0.0921 e. The molecule has 2 rings (SSSR count). The lowest BCUT2D eigenvalue weighted by Crippen LogP contribution is -1.94. The summed E-state index contributed by atoms with van der Waals surface area (Å²) in [4.78, 5) is 0. The fourth-order valence-electron chi connectivity index (χ4n) is 1.49. The minimum absolute atomic E-state index is 0. The lowest BCUT2D eigenvalue weighted by atomic mass is 9.37. The molecule has 0 atom stereocenters. The average molecular weight is 267 g/mol. The molecule has 0 bridgehead atoms. The van der Waals surface area contributed by atoms with Gasteiger partial charge in [-0.05, 0) is 10.8 Å². The standard InChI is InChI=1S/C10H8.C2H9B3.2ClH/c1-2-6-10-8-4-3-7-9(10)5-1;1-4-5-2-3;;/h1-8H;4-5H,2-3H2,1H3;2*1H. The van der Waals surface area contributed by atoms with Gasteiger partial charge in [0.05, 0.1) is 22.2 Å². The van der Waals surface area contributed by atoms with Crippen molar-refractivity contribution < 1.29 is 0 Å². The van der Waals surface area contributed by atoms with Gasteiger partial charge < -0.3 is 0 Å². The molecule has 0 N–H and O–H groups in total. The molecule has 2 aromatic carbocycles. The van der Waals surface area contributed by atoms with Crippen LogP contribution in [0.2, 0.25) is 13.0 Å². The molecular formula is C12H19B3Cl2. The van der Waals surface area contributed by atoms with Crippen LogP contribution in [0.1, 0.15) is 0 Å². The van der Waals surface area contributed by atoms with Crippen molar-refractivity contribution in [1.82, 2.24) is 0 Å². The van der Waals surface area contributed by atoms with Crippen molar-refractivity contribution in [3.05, 3.63) is 48.5 Å². The third-order valence-corrected chi connectivity index (χ3v) is 2.37. The van der Waals surface area contributed by atoms with E-state index in [-0.39, 0.29) is 24.8 Å². The largest absolute Gasteiger partial charge is 0.147 e. The molecule has 0 amide bonds. The van der Waals surface area contributed by atoms with Crippen LogP contribution in [0, 0.1) is 0 Å². The monoisotopic (exact) mass is 266 g/mol. The van der Waals surface area contributed by atoms with Gasteiger partial charge in [-0.15, -0.1) is 31.0 Å². The van der Waals surface area contributed by atoms with Crippen LogP contribution in [-0.4, -0.2) is 22.2 Å². The molecule has 0 saturated heterocycles. The molecule has 0 saturated carbocycles. The van der Waals surface area contributed by atoms with Gasteiger partial charge >= 0.3 is 0 Å². The van der Waals surface area contributed by atoms with E-state index in [1.807, 2.05) is 0 Å². The molecule has 0 aliphatic carbocycles. The normalized spacial score (nSPS) is 7.82. The predicted molar refractivity (Wildman–Crippen MR) is 92.0 cm³/mol. The minimum Gasteiger partial charge on any atom is -0.147 e. The topological polar surface area (TPSA) is 0 Å². The zero-order valence-corrected chi connectivity index (χ0v) is 12.2. The lowest BCUT2D eigenvalue weighted by Gasteiger charge is -1.92. The Labute approximate surface area is 119 Å². The van der Waals surface area contributed by atoms with Crippen LogP contribution in [-0.2, 0) is 0 Å². The number of benzene rings is 2. The van der Waals surface area contributed by atoms with Gasteiger partial charge in [0.2, 0.25) is 0 Å². The van der Waals surface area contributed by atoms with Gasteiger partial charge in [0, 0.05) is 0 Å². The van der Waals surface area contributed by atoms with Crippen molar-refractivity contribution in [2.75, 3.05) is 0 Å². The predicted octanol–water partition coefficient (Wildman–Crippen LogP) is 2.51. The number of fused-ring (bicyclic) bond motifs is 1. The zero-order chi connectivity index (χ0) is 10.9. The van der Waals surface area contributed by atoms with E-state index in [9.17, 15) is 0 Å². The molecule has 90 valence electrons. The molecule has 17 heavy (non-hydrogen) atoms. The lowest BCUT2D eigenvalue weighted by molar-refractivity contribution is 1.75. The maximum Gasteiger partial charge on any atom is 0.0921 e. The van der Waals surface area contributed by atoms with Crippen LogP contribution in [0.4, 0.5) is 0 Å². The molecule has 0 aliphatic rings. The van der Waals surface area contributed by atoms with Gasteiger partial charge in [-0.25, -0.2) is 0 Å². The van der Waals surface area contributed by atoms with Crippen molar-refractivity contribution in [1.29, 1.82) is 0 Å². The molecule has 2 aromatic rings. The zero-order valence-electron chi connectivity index (χ0n) is 10.6. The van der Waals surface area contributed by atoms with E-state index in [1.54, 1.807) is 0 Å². The van der Waals surface area contributed by atoms with Crippen molar-refractivity contribution in [2.45, 2.75) is 13.0 Å². The van der Waals surface area contributed by atoms with Crippen molar-refractivity contribution in [2.24, 2.45) is 0 Å². The molecule has 5 heteroatoms. The highest BCUT2D eigenvalue weighted by Gasteiger charge is 1.85. The van der Waals surface area contributed by atoms with Crippen LogP contribution < -0.4 is 0 Å². The van der Waals surface area contributed by atoms with Crippen molar-refractivity contribution in [3.8, 4) is 0 Å². The SMILES string of the molecule is BCBBC.Cl.Cl.c1ccc2ccccc2c1. The van der Waals surface area contributed by atoms with E-state index in [0.717, 1.165) is 0 Å². The van der Waals surface area contributed by atoms with E-state index in [1.165, 1.54) is 31.3 Å². The van der Waals surface area contributed by atoms with Crippen LogP contribution in [0.3, 0.4) is 0 Å². The summed E-state index contributed by atoms with van der Waals surface area (Å²) in [6, 6.07) is 16.7. The first kappa shape index (κ1) is 18.8. The summed E-state index contributed by atoms with van der Waals surface area (Å²) >= 11 is 0. The maximum absolute atomic E-state index is 2.21. The van der Waals surface area contributed by atoms with E-state index in [2.05, 4.69) is 63.2 Å². The molecule has 0 radical (unpaired) electrons. The Balaban J connectivity index is 0. The molecule has 0 aliphatic heterocycles. The Morgan fingerprint density at radius 2 is 1.24 bits per heavy atom. The quantitative estimate of drug-likeness (QED) is 0.733. The summed E-state index contributed by atoms with van der Waals surface area (Å²) in [7, 11) is 4.94. The summed E-state index contributed by atoms with van der Waals surface area (Å²) < 4.78 is 0. The van der Waals surface area contributed by atoms with Crippen LogP contribution in [0.5, 0.6) is 0 Å². The third kappa shape index (κ3) is 7.41. The van der Waals surface area contributed by atoms with Gasteiger partial charge in [-0.3, -0.25) is 0 Å². The molecular weight excluding hydrogens is 247 g/mol. The first-order chi connectivity index (χ1) is 7.38. The summed E-state index contributed by atoms with van der Waals surface area (Å²) in [5.74, 6) is 0. The van der Waals surface area contributed by atoms with E-state index < -0.39 is 0 Å². The second-order valence-corrected chi connectivity index (χ2v) is 3.70. The van der Waals surface area contributed by atoms with Gasteiger partial charge in [-0.2, -0.15) is 0 Å². The summed E-state index contributed by atoms with van der Waals surface area (Å²) in [6.07, 6.45) is 1.34. The molecule has 0 aromatic heterocycles. The number of halogens is 2. The second kappa shape index (κ2) is 11.9. The summed E-state index contributed by atoms with van der Waals surface area (Å²) in [6.45, 7) is 2.21. The molecule has 0 fully saturated rings. The molecule has 0 unspecified atom stereocenters. The fourth-order valence-corrected chi connectivity index (χ4v) is 1.49. The molecule has 0 nitrogen and oxygen atoms in total. The molecule has 0 heterocycles. The summed E-state index contributed by atoms with van der Waals surface area (Å²) in [5.41, 5.74) is 0. The Bertz CT molecular complexity index is 329. The first-order valence-electron chi connectivity index (χ1n) is 5.82. The first-order valence-corrected chi connectivity index (χ1v) is 5.82. The van der Waals surface area contributed by atoms with E-state index in [4.69, 9.17) is 0 Å². The average Bonchev–Trinajstić information content (AvgIpc) is 2.31. The minimum atomic E-state index is 0. The van der Waals surface area contributed by atoms with Crippen molar-refractivity contribution in [3.63, 3.8) is 0 Å². The van der Waals surface area contributed by atoms with Gasteiger partial charge in [0.1, 0.15) is 0 Å². The van der Waals surface area contributed by atoms with E-state index >= 15 is 0 Å². The highest BCUT2D eigenvalue weighted by Crippen LogP contribution is 2.11. The Hall–Kier alpha value is -0.525. The van der Waals surface area contributed by atoms with Crippen molar-refractivity contribution >= 4 is 57.8 Å². The molecule has 0 spiro atoms. The second-order valence-electron chi connectivity index (χ2n) is 3.70. The van der Waals surface area contributed by atoms with Gasteiger partial charge in [-0.1, -0.05) is 55.4 Å². The number of hydrogen-bond donors (Lipinski definition) is 0. The van der Waals surface area contributed by atoms with Crippen LogP contribution in [0.25, 0.3) is 10.8 Å². The number of hydrogen-bond acceptors (Lipinski definition) is 0. The van der Waals surface area contributed by atoms with Crippen LogP contribution in [0.15, 0.2) is 48.5 Å². The van der Waals surface area contributed by atoms with Crippen LogP contribution >= 0.6 is 24.8 Å². The Morgan fingerprint density at radius 3 is 1.41 bits per heavy atom. The Kier molecular flexibility index (Phi) is 13.2.